The molecule has 0 saturated heterocycles. The maximum Gasteiger partial charge on any atom is 0.241 e. The number of fused-ring (bicyclic) bond motifs is 1. The molecule has 2 aromatic carbocycles. The number of rotatable bonds is 6. The minimum absolute atomic E-state index is 0.251. The molecule has 6 nitrogen and oxygen atoms in total. The van der Waals surface area contributed by atoms with Crippen molar-refractivity contribution in [3.05, 3.63) is 84.3 Å². The van der Waals surface area contributed by atoms with Crippen LogP contribution < -0.4 is 4.72 Å². The molecule has 0 saturated carbocycles. The van der Waals surface area contributed by atoms with Crippen molar-refractivity contribution in [3.8, 4) is 5.69 Å². The third-order valence-electron chi connectivity index (χ3n) is 4.58. The first kappa shape index (κ1) is 18.3. The van der Waals surface area contributed by atoms with E-state index >= 15 is 0 Å². The van der Waals surface area contributed by atoms with Crippen molar-refractivity contribution < 1.29 is 8.42 Å². The van der Waals surface area contributed by atoms with Crippen LogP contribution in [-0.2, 0) is 16.4 Å². The molecule has 0 bridgehead atoms. The van der Waals surface area contributed by atoms with Crippen LogP contribution in [0.15, 0.2) is 78.1 Å². The van der Waals surface area contributed by atoms with Gasteiger partial charge in [-0.05, 0) is 54.8 Å². The van der Waals surface area contributed by atoms with Gasteiger partial charge in [0.15, 0.2) is 0 Å². The van der Waals surface area contributed by atoms with Crippen molar-refractivity contribution in [1.82, 2.24) is 19.5 Å². The number of para-hydroxylation sites is 1. The zero-order chi connectivity index (χ0) is 19.6. The molecule has 0 aliphatic carbocycles. The zero-order valence-electron chi connectivity index (χ0n) is 15.4. The Labute approximate surface area is 163 Å². The van der Waals surface area contributed by atoms with Gasteiger partial charge in [0.2, 0.25) is 10.0 Å². The van der Waals surface area contributed by atoms with E-state index in [9.17, 15) is 8.42 Å². The van der Waals surface area contributed by atoms with E-state index in [1.807, 2.05) is 43.5 Å². The first-order chi connectivity index (χ1) is 13.5. The van der Waals surface area contributed by atoms with E-state index in [0.29, 0.717) is 23.9 Å². The van der Waals surface area contributed by atoms with Gasteiger partial charge in [-0.15, -0.1) is 0 Å². The molecule has 7 heteroatoms. The number of benzene rings is 2. The molecule has 1 N–H and O–H groups in total. The number of aromatic nitrogens is 3. The SMILES string of the molecule is Cc1ccc(S(=O)(=O)NCCc2cnn(-c3ccccc3)c2)c2cccnc12. The number of pyridine rings is 1. The van der Waals surface area contributed by atoms with Crippen molar-refractivity contribution in [2.45, 2.75) is 18.2 Å². The molecule has 0 aliphatic rings. The minimum Gasteiger partial charge on any atom is -0.256 e. The van der Waals surface area contributed by atoms with Crippen LogP contribution in [0.1, 0.15) is 11.1 Å². The molecule has 2 aromatic heterocycles. The number of sulfonamides is 1. The average Bonchev–Trinajstić information content (AvgIpc) is 3.18. The first-order valence-corrected chi connectivity index (χ1v) is 10.5. The van der Waals surface area contributed by atoms with Gasteiger partial charge in [0, 0.05) is 24.3 Å². The van der Waals surface area contributed by atoms with Crippen molar-refractivity contribution in [3.63, 3.8) is 0 Å². The Morgan fingerprint density at radius 3 is 2.68 bits per heavy atom. The molecule has 0 fully saturated rings. The summed E-state index contributed by atoms with van der Waals surface area (Å²) in [5.41, 5.74) is 3.58. The number of hydrogen-bond acceptors (Lipinski definition) is 4. The maximum absolute atomic E-state index is 12.8. The van der Waals surface area contributed by atoms with Crippen molar-refractivity contribution in [2.75, 3.05) is 6.54 Å². The number of nitrogens with one attached hydrogen (secondary N) is 1. The van der Waals surface area contributed by atoms with Gasteiger partial charge < -0.3 is 0 Å². The molecule has 0 spiro atoms. The van der Waals surface area contributed by atoms with Gasteiger partial charge in [-0.25, -0.2) is 17.8 Å². The van der Waals surface area contributed by atoms with E-state index in [0.717, 1.165) is 16.8 Å². The first-order valence-electron chi connectivity index (χ1n) is 8.97. The molecular formula is C21H20N4O2S. The zero-order valence-corrected chi connectivity index (χ0v) is 16.2. The Hall–Kier alpha value is -3.03. The van der Waals surface area contributed by atoms with Gasteiger partial charge >= 0.3 is 0 Å². The summed E-state index contributed by atoms with van der Waals surface area (Å²) in [7, 11) is -3.64. The topological polar surface area (TPSA) is 76.9 Å². The predicted octanol–water partition coefficient (Wildman–Crippen LogP) is 3.25. The number of aryl methyl sites for hydroxylation is 1. The Kier molecular flexibility index (Phi) is 4.93. The van der Waals surface area contributed by atoms with Crippen molar-refractivity contribution >= 4 is 20.9 Å². The van der Waals surface area contributed by atoms with Crippen LogP contribution in [0.2, 0.25) is 0 Å². The summed E-state index contributed by atoms with van der Waals surface area (Å²) in [6.45, 7) is 2.21. The lowest BCUT2D eigenvalue weighted by atomic mass is 10.1. The van der Waals surface area contributed by atoms with E-state index in [4.69, 9.17) is 0 Å². The van der Waals surface area contributed by atoms with Crippen molar-refractivity contribution in [2.24, 2.45) is 0 Å². The summed E-state index contributed by atoms with van der Waals surface area (Å²) < 4.78 is 30.1. The molecule has 4 aromatic rings. The normalized spacial score (nSPS) is 11.8. The van der Waals surface area contributed by atoms with Gasteiger partial charge in [0.25, 0.3) is 0 Å². The van der Waals surface area contributed by atoms with Gasteiger partial charge in [-0.3, -0.25) is 4.98 Å². The highest BCUT2D eigenvalue weighted by atomic mass is 32.2. The number of hydrogen-bond donors (Lipinski definition) is 1. The fourth-order valence-corrected chi connectivity index (χ4v) is 4.37. The summed E-state index contributed by atoms with van der Waals surface area (Å²) in [5, 5.41) is 4.97. The molecule has 0 aliphatic heterocycles. The Bertz CT molecular complexity index is 1220. The van der Waals surface area contributed by atoms with Crippen LogP contribution in [-0.4, -0.2) is 29.7 Å². The summed E-state index contributed by atoms with van der Waals surface area (Å²) in [6.07, 6.45) is 5.89. The summed E-state index contributed by atoms with van der Waals surface area (Å²) in [5.74, 6) is 0. The molecule has 0 amide bonds. The molecule has 0 radical (unpaired) electrons. The van der Waals surface area contributed by atoms with E-state index in [2.05, 4.69) is 14.8 Å². The molecular weight excluding hydrogens is 372 g/mol. The Morgan fingerprint density at radius 2 is 1.86 bits per heavy atom. The average molecular weight is 392 g/mol. The van der Waals surface area contributed by atoms with Crippen LogP contribution in [0.5, 0.6) is 0 Å². The summed E-state index contributed by atoms with van der Waals surface area (Å²) in [4.78, 5) is 4.56. The fourth-order valence-electron chi connectivity index (χ4n) is 3.14. The Balaban J connectivity index is 1.48. The molecule has 0 unspecified atom stereocenters. The van der Waals surface area contributed by atoms with Crippen molar-refractivity contribution in [1.29, 1.82) is 0 Å². The van der Waals surface area contributed by atoms with Gasteiger partial charge in [-0.2, -0.15) is 5.10 Å². The van der Waals surface area contributed by atoms with E-state index < -0.39 is 10.0 Å². The second kappa shape index (κ2) is 7.53. The van der Waals surface area contributed by atoms with Gasteiger partial charge in [0.1, 0.15) is 0 Å². The van der Waals surface area contributed by atoms with Crippen LogP contribution >= 0.6 is 0 Å². The van der Waals surface area contributed by atoms with Crippen LogP contribution in [0, 0.1) is 6.92 Å². The van der Waals surface area contributed by atoms with Gasteiger partial charge in [-0.1, -0.05) is 24.3 Å². The van der Waals surface area contributed by atoms with Crippen LogP contribution in [0.25, 0.3) is 16.6 Å². The Morgan fingerprint density at radius 1 is 1.04 bits per heavy atom. The van der Waals surface area contributed by atoms with E-state index in [-0.39, 0.29) is 4.90 Å². The van der Waals surface area contributed by atoms with E-state index in [1.54, 1.807) is 41.3 Å². The molecule has 4 rings (SSSR count). The predicted molar refractivity (Wildman–Crippen MR) is 109 cm³/mol. The van der Waals surface area contributed by atoms with Crippen LogP contribution in [0.4, 0.5) is 0 Å². The van der Waals surface area contributed by atoms with E-state index in [1.165, 1.54) is 0 Å². The molecule has 142 valence electrons. The lowest BCUT2D eigenvalue weighted by molar-refractivity contribution is 0.582. The highest BCUT2D eigenvalue weighted by Crippen LogP contribution is 2.24. The minimum atomic E-state index is -3.64. The molecule has 28 heavy (non-hydrogen) atoms. The largest absolute Gasteiger partial charge is 0.256 e. The highest BCUT2D eigenvalue weighted by molar-refractivity contribution is 7.89. The quantitative estimate of drug-likeness (QED) is 0.546. The van der Waals surface area contributed by atoms with Crippen LogP contribution in [0.3, 0.4) is 0 Å². The highest BCUT2D eigenvalue weighted by Gasteiger charge is 2.18. The third kappa shape index (κ3) is 3.67. The summed E-state index contributed by atoms with van der Waals surface area (Å²) in [6, 6.07) is 16.7. The third-order valence-corrected chi connectivity index (χ3v) is 6.10. The summed E-state index contributed by atoms with van der Waals surface area (Å²) >= 11 is 0. The maximum atomic E-state index is 12.8. The fraction of sp³-hybridized carbons (Fsp3) is 0.143. The standard InChI is InChI=1S/C21H20N4O2S/c1-16-9-10-20(19-8-5-12-22-21(16)19)28(26,27)24-13-11-17-14-23-25(15-17)18-6-3-2-4-7-18/h2-10,12,14-15,24H,11,13H2,1H3. The second-order valence-corrected chi connectivity index (χ2v) is 8.29. The molecule has 0 atom stereocenters. The molecule has 2 heterocycles. The smallest absolute Gasteiger partial charge is 0.241 e. The lowest BCUT2D eigenvalue weighted by Crippen LogP contribution is -2.26. The number of nitrogens with zero attached hydrogens (tertiary/aromatic N) is 3. The monoisotopic (exact) mass is 392 g/mol. The lowest BCUT2D eigenvalue weighted by Gasteiger charge is -2.10. The second-order valence-electron chi connectivity index (χ2n) is 6.56. The van der Waals surface area contributed by atoms with Gasteiger partial charge in [0.05, 0.1) is 22.3 Å².